The molecule has 0 aromatic carbocycles. The molecule has 1 aliphatic rings. The summed E-state index contributed by atoms with van der Waals surface area (Å²) in [6.07, 6.45) is 1.96. The van der Waals surface area contributed by atoms with E-state index in [9.17, 15) is 13.2 Å². The van der Waals surface area contributed by atoms with E-state index in [1.807, 2.05) is 20.8 Å². The van der Waals surface area contributed by atoms with Crippen molar-refractivity contribution in [3.05, 3.63) is 0 Å². The molecule has 1 aliphatic carbocycles. The molecule has 5 nitrogen and oxygen atoms in total. The molecule has 94 valence electrons. The molecule has 0 radical (unpaired) electrons. The number of amides is 1. The Hall–Kier alpha value is -0.620. The summed E-state index contributed by atoms with van der Waals surface area (Å²) in [6.45, 7) is 5.68. The molecule has 1 rings (SSSR count). The van der Waals surface area contributed by atoms with Crippen LogP contribution in [0.5, 0.6) is 0 Å². The van der Waals surface area contributed by atoms with Crippen molar-refractivity contribution in [3.63, 3.8) is 0 Å². The molecule has 0 atom stereocenters. The van der Waals surface area contributed by atoms with Crippen LogP contribution in [0.15, 0.2) is 0 Å². The van der Waals surface area contributed by atoms with Crippen molar-refractivity contribution >= 4 is 16.1 Å². The molecule has 0 saturated heterocycles. The molecular formula is C10H20N2O3S. The van der Waals surface area contributed by atoms with Crippen LogP contribution in [0.25, 0.3) is 0 Å². The Bertz CT molecular complexity index is 366. The van der Waals surface area contributed by atoms with Crippen molar-refractivity contribution in [2.45, 2.75) is 46.1 Å². The fourth-order valence-corrected chi connectivity index (χ4v) is 2.48. The van der Waals surface area contributed by atoms with Gasteiger partial charge in [0.2, 0.25) is 5.91 Å². The minimum Gasteiger partial charge on any atom is -0.274 e. The van der Waals surface area contributed by atoms with Gasteiger partial charge in [-0.2, -0.15) is 12.7 Å². The molecule has 0 aliphatic heterocycles. The normalized spacial score (nSPS) is 17.6. The van der Waals surface area contributed by atoms with Gasteiger partial charge in [-0.1, -0.05) is 20.8 Å². The van der Waals surface area contributed by atoms with Gasteiger partial charge in [0.25, 0.3) is 0 Å². The number of rotatable bonds is 4. The van der Waals surface area contributed by atoms with Crippen molar-refractivity contribution in [1.82, 2.24) is 9.03 Å². The number of hydrogen-bond acceptors (Lipinski definition) is 3. The van der Waals surface area contributed by atoms with Crippen LogP contribution in [0.4, 0.5) is 0 Å². The first-order valence-electron chi connectivity index (χ1n) is 5.40. The third-order valence-corrected chi connectivity index (χ3v) is 3.92. The van der Waals surface area contributed by atoms with Gasteiger partial charge in [0.15, 0.2) is 0 Å². The van der Waals surface area contributed by atoms with Crippen LogP contribution in [0.1, 0.15) is 40.0 Å². The number of nitrogens with one attached hydrogen (secondary N) is 1. The number of hydrogen-bond donors (Lipinski definition) is 1. The summed E-state index contributed by atoms with van der Waals surface area (Å²) in [4.78, 5) is 11.5. The molecule has 0 aromatic rings. The van der Waals surface area contributed by atoms with Crippen LogP contribution >= 0.6 is 0 Å². The Morgan fingerprint density at radius 2 is 1.88 bits per heavy atom. The zero-order valence-corrected chi connectivity index (χ0v) is 11.1. The highest BCUT2D eigenvalue weighted by molar-refractivity contribution is 7.87. The van der Waals surface area contributed by atoms with E-state index in [1.54, 1.807) is 0 Å². The fourth-order valence-electron chi connectivity index (χ4n) is 1.37. The average molecular weight is 248 g/mol. The smallest absolute Gasteiger partial charge is 0.274 e. The van der Waals surface area contributed by atoms with Gasteiger partial charge in [0.05, 0.1) is 0 Å². The Morgan fingerprint density at radius 3 is 2.25 bits per heavy atom. The molecule has 1 saturated carbocycles. The van der Waals surface area contributed by atoms with Gasteiger partial charge < -0.3 is 0 Å². The summed E-state index contributed by atoms with van der Waals surface area (Å²) in [5.41, 5.74) is -0.211. The summed E-state index contributed by atoms with van der Waals surface area (Å²) in [6, 6.07) is 0.0694. The third kappa shape index (κ3) is 4.09. The van der Waals surface area contributed by atoms with E-state index in [4.69, 9.17) is 0 Å². The largest absolute Gasteiger partial charge is 0.303 e. The maximum Gasteiger partial charge on any atom is 0.303 e. The average Bonchev–Trinajstić information content (AvgIpc) is 2.79. The quantitative estimate of drug-likeness (QED) is 0.803. The standard InChI is InChI=1S/C10H20N2O3S/c1-10(2,3)7-9(13)11-16(14,15)12(4)8-5-6-8/h8H,5-7H2,1-4H3,(H,11,13). The molecule has 0 bridgehead atoms. The van der Waals surface area contributed by atoms with Crippen molar-refractivity contribution in [2.75, 3.05) is 7.05 Å². The lowest BCUT2D eigenvalue weighted by molar-refractivity contribution is -0.121. The van der Waals surface area contributed by atoms with Crippen LogP contribution in [0, 0.1) is 5.41 Å². The van der Waals surface area contributed by atoms with E-state index in [0.717, 1.165) is 12.8 Å². The predicted molar refractivity (Wildman–Crippen MR) is 61.9 cm³/mol. The van der Waals surface area contributed by atoms with Gasteiger partial charge in [-0.3, -0.25) is 4.79 Å². The Kier molecular flexibility index (Phi) is 3.64. The predicted octanol–water partition coefficient (Wildman–Crippen LogP) is 0.878. The highest BCUT2D eigenvalue weighted by Gasteiger charge is 2.35. The Morgan fingerprint density at radius 1 is 1.38 bits per heavy atom. The van der Waals surface area contributed by atoms with Gasteiger partial charge in [0.1, 0.15) is 0 Å². The van der Waals surface area contributed by atoms with Crippen molar-refractivity contribution in [1.29, 1.82) is 0 Å². The highest BCUT2D eigenvalue weighted by Crippen LogP contribution is 2.27. The second-order valence-corrected chi connectivity index (χ2v) is 7.25. The summed E-state index contributed by atoms with van der Waals surface area (Å²) in [5, 5.41) is 0. The Labute approximate surface area is 97.4 Å². The van der Waals surface area contributed by atoms with E-state index < -0.39 is 16.1 Å². The van der Waals surface area contributed by atoms with Crippen molar-refractivity contribution in [2.24, 2.45) is 5.41 Å². The van der Waals surface area contributed by atoms with E-state index in [2.05, 4.69) is 4.72 Å². The topological polar surface area (TPSA) is 66.5 Å². The molecule has 0 spiro atoms. The molecule has 1 amide bonds. The summed E-state index contributed by atoms with van der Waals surface area (Å²) in [7, 11) is -2.13. The second kappa shape index (κ2) is 4.33. The van der Waals surface area contributed by atoms with Gasteiger partial charge >= 0.3 is 10.2 Å². The van der Waals surface area contributed by atoms with E-state index >= 15 is 0 Å². The van der Waals surface area contributed by atoms with Gasteiger partial charge in [-0.05, 0) is 18.3 Å². The maximum absolute atomic E-state index is 11.7. The fraction of sp³-hybridized carbons (Fsp3) is 0.900. The molecule has 6 heteroatoms. The van der Waals surface area contributed by atoms with Crippen LogP contribution in [-0.4, -0.2) is 31.7 Å². The van der Waals surface area contributed by atoms with Crippen LogP contribution in [-0.2, 0) is 15.0 Å². The first-order valence-corrected chi connectivity index (χ1v) is 6.84. The summed E-state index contributed by atoms with van der Waals surface area (Å²) in [5.74, 6) is -0.444. The zero-order valence-electron chi connectivity index (χ0n) is 10.3. The van der Waals surface area contributed by atoms with Gasteiger partial charge in [-0.15, -0.1) is 0 Å². The molecule has 1 N–H and O–H groups in total. The second-order valence-electron chi connectivity index (χ2n) is 5.52. The van der Waals surface area contributed by atoms with Crippen LogP contribution in [0.3, 0.4) is 0 Å². The van der Waals surface area contributed by atoms with Crippen molar-refractivity contribution in [3.8, 4) is 0 Å². The molecule has 1 fully saturated rings. The maximum atomic E-state index is 11.7. The van der Waals surface area contributed by atoms with E-state index in [0.29, 0.717) is 0 Å². The van der Waals surface area contributed by atoms with Crippen LogP contribution in [0.2, 0.25) is 0 Å². The monoisotopic (exact) mass is 248 g/mol. The lowest BCUT2D eigenvalue weighted by Crippen LogP contribution is -2.43. The first kappa shape index (κ1) is 13.4. The molecule has 0 unspecified atom stereocenters. The lowest BCUT2D eigenvalue weighted by atomic mass is 9.92. The van der Waals surface area contributed by atoms with Crippen molar-refractivity contribution < 1.29 is 13.2 Å². The number of nitrogens with zero attached hydrogens (tertiary/aromatic N) is 1. The minimum absolute atomic E-state index is 0.0694. The SMILES string of the molecule is CN(C1CC1)S(=O)(=O)NC(=O)CC(C)(C)C. The van der Waals surface area contributed by atoms with Crippen LogP contribution < -0.4 is 4.72 Å². The van der Waals surface area contributed by atoms with Gasteiger partial charge in [0, 0.05) is 19.5 Å². The summed E-state index contributed by atoms with van der Waals surface area (Å²) < 4.78 is 26.7. The Balaban J connectivity index is 2.55. The number of carbonyl (C=O) groups is 1. The minimum atomic E-state index is -3.63. The van der Waals surface area contributed by atoms with E-state index in [1.165, 1.54) is 11.4 Å². The number of carbonyl (C=O) groups excluding carboxylic acids is 1. The lowest BCUT2D eigenvalue weighted by Gasteiger charge is -2.20. The molecule has 0 aromatic heterocycles. The zero-order chi connectivity index (χ0) is 12.6. The molecule has 0 heterocycles. The van der Waals surface area contributed by atoms with Gasteiger partial charge in [-0.25, -0.2) is 4.72 Å². The first-order chi connectivity index (χ1) is 7.12. The third-order valence-electron chi connectivity index (χ3n) is 2.37. The summed E-state index contributed by atoms with van der Waals surface area (Å²) >= 11 is 0. The molecule has 16 heavy (non-hydrogen) atoms. The van der Waals surface area contributed by atoms with E-state index in [-0.39, 0.29) is 17.9 Å². The highest BCUT2D eigenvalue weighted by atomic mass is 32.2. The molecular weight excluding hydrogens is 228 g/mol.